The van der Waals surface area contributed by atoms with E-state index in [1.165, 1.54) is 0 Å². The summed E-state index contributed by atoms with van der Waals surface area (Å²) < 4.78 is 0. The Morgan fingerprint density at radius 3 is 0.444 bits per heavy atom. The van der Waals surface area contributed by atoms with Crippen molar-refractivity contribution >= 4 is 0 Å². The molecular formula is Cl6CuMnZn. The van der Waals surface area contributed by atoms with Crippen LogP contribution in [0.5, 0.6) is 0 Å². The Morgan fingerprint density at radius 2 is 0.444 bits per heavy atom. The first-order chi connectivity index (χ1) is 0. The maximum absolute atomic E-state index is 0. The van der Waals surface area contributed by atoms with E-state index in [-0.39, 0.29) is 128 Å². The van der Waals surface area contributed by atoms with E-state index in [1.807, 2.05) is 0 Å². The minimum absolute atomic E-state index is 0. The van der Waals surface area contributed by atoms with Crippen molar-refractivity contribution < 1.29 is 128 Å². The van der Waals surface area contributed by atoms with Gasteiger partial charge in [0.1, 0.15) is 0 Å². The van der Waals surface area contributed by atoms with Gasteiger partial charge in [-0.1, -0.05) is 0 Å². The van der Waals surface area contributed by atoms with E-state index in [0.717, 1.165) is 0 Å². The average molecular weight is 397 g/mol. The van der Waals surface area contributed by atoms with Crippen LogP contribution in [0.3, 0.4) is 0 Å². The molecule has 9 heteroatoms. The maximum Gasteiger partial charge on any atom is 2.00 e. The van der Waals surface area contributed by atoms with Crippen LogP contribution in [-0.2, 0) is 53.6 Å². The number of hydrogen-bond donors (Lipinski definition) is 0. The third-order valence-corrected chi connectivity index (χ3v) is 0. The fraction of sp³-hybridized carbons (Fsp3) is 0. The van der Waals surface area contributed by atoms with Crippen molar-refractivity contribution in [1.29, 1.82) is 0 Å². The minimum atomic E-state index is 0. The van der Waals surface area contributed by atoms with Crippen molar-refractivity contribution in [3.63, 3.8) is 0 Å². The average Bonchev–Trinajstić information content (AvgIpc) is 0. The molecule has 0 aromatic heterocycles. The van der Waals surface area contributed by atoms with Crippen molar-refractivity contribution in [2.24, 2.45) is 0 Å². The normalized spacial score (nSPS) is 0. The van der Waals surface area contributed by atoms with Crippen LogP contribution in [0.25, 0.3) is 0 Å². The Kier molecular flexibility index (Phi) is 1650. The quantitative estimate of drug-likeness (QED) is 0.357. The first kappa shape index (κ1) is 139. The van der Waals surface area contributed by atoms with Crippen molar-refractivity contribution in [1.82, 2.24) is 0 Å². The minimum Gasteiger partial charge on any atom is -1.00 e. The predicted octanol–water partition coefficient (Wildman–Crippen LogP) is -18.0. The number of rotatable bonds is 0. The SMILES string of the molecule is [Cl-].[Cl-].[Cl-].[Cl-].[Cl-].[Cl-].[Cu+2].[Mn+2].[Zn+2]. The van der Waals surface area contributed by atoms with Crippen LogP contribution in [0.2, 0.25) is 0 Å². The molecule has 0 amide bonds. The molecule has 0 N–H and O–H groups in total. The predicted molar refractivity (Wildman–Crippen MR) is 0 cm³/mol. The van der Waals surface area contributed by atoms with E-state index in [1.54, 1.807) is 0 Å². The molecule has 0 atom stereocenters. The van der Waals surface area contributed by atoms with Crippen molar-refractivity contribution in [2.45, 2.75) is 0 Å². The molecule has 2 radical (unpaired) electrons. The zero-order valence-electron chi connectivity index (χ0n) is 3.65. The van der Waals surface area contributed by atoms with Gasteiger partial charge in [-0.05, 0) is 0 Å². The van der Waals surface area contributed by atoms with Gasteiger partial charge in [-0.25, -0.2) is 0 Å². The molecule has 0 saturated carbocycles. The van der Waals surface area contributed by atoms with Gasteiger partial charge in [0.05, 0.1) is 0 Å². The Balaban J connectivity index is 0. The Morgan fingerprint density at radius 1 is 0.444 bits per heavy atom. The molecule has 0 aromatic carbocycles. The third kappa shape index (κ3) is 87.1. The zero-order chi connectivity index (χ0) is 0. The van der Waals surface area contributed by atoms with E-state index in [9.17, 15) is 0 Å². The van der Waals surface area contributed by atoms with Gasteiger partial charge in [-0.2, -0.15) is 0 Å². The van der Waals surface area contributed by atoms with Gasteiger partial charge in [0.25, 0.3) is 0 Å². The Hall–Kier alpha value is 3.40. The van der Waals surface area contributed by atoms with E-state index < -0.39 is 0 Å². The van der Waals surface area contributed by atoms with E-state index in [0.29, 0.717) is 0 Å². The molecule has 0 saturated heterocycles. The standard InChI is InChI=1S/6ClH.Cu.Mn.Zn/h6*1H;;;/q;;;;;;3*+2/p-6. The van der Waals surface area contributed by atoms with E-state index in [2.05, 4.69) is 0 Å². The van der Waals surface area contributed by atoms with Crippen molar-refractivity contribution in [2.75, 3.05) is 0 Å². The molecule has 0 aliphatic rings. The molecule has 0 unspecified atom stereocenters. The summed E-state index contributed by atoms with van der Waals surface area (Å²) in [5, 5.41) is 0. The summed E-state index contributed by atoms with van der Waals surface area (Å²) in [7, 11) is 0. The molecule has 0 heterocycles. The first-order valence-electron chi connectivity index (χ1n) is 0. The zero-order valence-corrected chi connectivity index (χ0v) is 13.3. The van der Waals surface area contributed by atoms with Crippen molar-refractivity contribution in [3.05, 3.63) is 0 Å². The van der Waals surface area contributed by atoms with Gasteiger partial charge in [0.15, 0.2) is 0 Å². The second-order valence-electron chi connectivity index (χ2n) is 0. The molecule has 0 fully saturated rings. The molecule has 62 valence electrons. The fourth-order valence-electron chi connectivity index (χ4n) is 0. The molecular weight excluding hydrogens is 397 g/mol. The van der Waals surface area contributed by atoms with Crippen LogP contribution in [-0.4, -0.2) is 0 Å². The van der Waals surface area contributed by atoms with Gasteiger partial charge in [-0.15, -0.1) is 0 Å². The van der Waals surface area contributed by atoms with Gasteiger partial charge in [0.2, 0.25) is 0 Å². The summed E-state index contributed by atoms with van der Waals surface area (Å²) in [4.78, 5) is 0. The third-order valence-electron chi connectivity index (χ3n) is 0. The number of halogens is 6. The van der Waals surface area contributed by atoms with Crippen LogP contribution >= 0.6 is 0 Å². The fourth-order valence-corrected chi connectivity index (χ4v) is 0. The molecule has 0 spiro atoms. The van der Waals surface area contributed by atoms with Crippen LogP contribution in [0.4, 0.5) is 0 Å². The maximum atomic E-state index is 0. The smallest absolute Gasteiger partial charge is 1.00 e. The summed E-state index contributed by atoms with van der Waals surface area (Å²) >= 11 is 0. The first-order valence-corrected chi connectivity index (χ1v) is 0. The molecule has 9 heavy (non-hydrogen) atoms. The van der Waals surface area contributed by atoms with E-state index >= 15 is 0 Å². The summed E-state index contributed by atoms with van der Waals surface area (Å²) in [6, 6.07) is 0. The van der Waals surface area contributed by atoms with Crippen LogP contribution in [0.15, 0.2) is 0 Å². The topological polar surface area (TPSA) is 0 Å². The molecule has 0 aromatic rings. The molecule has 0 bridgehead atoms. The van der Waals surface area contributed by atoms with Crippen LogP contribution in [0, 0.1) is 0 Å². The second kappa shape index (κ2) is 107. The summed E-state index contributed by atoms with van der Waals surface area (Å²) in [6.07, 6.45) is 0. The van der Waals surface area contributed by atoms with E-state index in [4.69, 9.17) is 0 Å². The monoisotopic (exact) mass is 392 g/mol. The van der Waals surface area contributed by atoms with Crippen LogP contribution in [0.1, 0.15) is 0 Å². The summed E-state index contributed by atoms with van der Waals surface area (Å²) in [6.45, 7) is 0. The molecule has 0 aliphatic carbocycles. The Bertz CT molecular complexity index is 13.0. The van der Waals surface area contributed by atoms with Crippen molar-refractivity contribution in [3.8, 4) is 0 Å². The Labute approximate surface area is 126 Å². The van der Waals surface area contributed by atoms with Gasteiger partial charge < -0.3 is 74.4 Å². The molecule has 0 aliphatic heterocycles. The van der Waals surface area contributed by atoms with Gasteiger partial charge >= 0.3 is 53.6 Å². The summed E-state index contributed by atoms with van der Waals surface area (Å²) in [5.41, 5.74) is 0. The second-order valence-corrected chi connectivity index (χ2v) is 0. The van der Waals surface area contributed by atoms with Gasteiger partial charge in [0, 0.05) is 0 Å². The molecule has 0 rings (SSSR count). The van der Waals surface area contributed by atoms with Gasteiger partial charge in [-0.3, -0.25) is 0 Å². The molecule has 0 nitrogen and oxygen atoms in total. The largest absolute Gasteiger partial charge is 2.00 e. The van der Waals surface area contributed by atoms with Crippen LogP contribution < -0.4 is 74.4 Å². The number of hydrogen-bond acceptors (Lipinski definition) is 0. The summed E-state index contributed by atoms with van der Waals surface area (Å²) in [5.74, 6) is 0.